The van der Waals surface area contributed by atoms with Crippen LogP contribution in [0.3, 0.4) is 0 Å². The third-order valence-electron chi connectivity index (χ3n) is 2.06. The smallest absolute Gasteiger partial charge is 0.340 e. The van der Waals surface area contributed by atoms with E-state index in [9.17, 15) is 9.59 Å². The lowest BCUT2D eigenvalue weighted by Gasteiger charge is -2.04. The van der Waals surface area contributed by atoms with Crippen molar-refractivity contribution in [3.8, 4) is 0 Å². The van der Waals surface area contributed by atoms with E-state index >= 15 is 0 Å². The number of nitrogens with one attached hydrogen (secondary N) is 1. The molecular formula is C10H8ClN3O3. The van der Waals surface area contributed by atoms with Gasteiger partial charge in [-0.05, 0) is 13.0 Å². The standard InChI is InChI=1S/C10H8ClN3O3/c1-2-17-10(16)5-3-6(11)14-8-7(5)12-4-13-9(8)15/h3-4H,2H2,1H3,(H,12,13,15). The van der Waals surface area contributed by atoms with Gasteiger partial charge in [-0.2, -0.15) is 0 Å². The summed E-state index contributed by atoms with van der Waals surface area (Å²) < 4.78 is 4.85. The highest BCUT2D eigenvalue weighted by Gasteiger charge is 2.16. The summed E-state index contributed by atoms with van der Waals surface area (Å²) in [6.07, 6.45) is 1.20. The average Bonchev–Trinajstić information content (AvgIpc) is 2.30. The summed E-state index contributed by atoms with van der Waals surface area (Å²) in [6, 6.07) is 1.33. The molecule has 0 aliphatic rings. The molecule has 17 heavy (non-hydrogen) atoms. The second-order valence-corrected chi connectivity index (χ2v) is 3.53. The molecule has 0 fully saturated rings. The topological polar surface area (TPSA) is 84.9 Å². The number of aromatic nitrogens is 3. The Labute approximate surface area is 101 Å². The van der Waals surface area contributed by atoms with E-state index in [4.69, 9.17) is 16.3 Å². The van der Waals surface area contributed by atoms with E-state index in [-0.39, 0.29) is 28.4 Å². The highest BCUT2D eigenvalue weighted by molar-refractivity contribution is 6.30. The fraction of sp³-hybridized carbons (Fsp3) is 0.200. The van der Waals surface area contributed by atoms with Crippen molar-refractivity contribution < 1.29 is 9.53 Å². The van der Waals surface area contributed by atoms with Gasteiger partial charge in [-0.3, -0.25) is 4.79 Å². The maximum atomic E-state index is 11.7. The molecule has 2 heterocycles. The van der Waals surface area contributed by atoms with Gasteiger partial charge in [-0.1, -0.05) is 11.6 Å². The third kappa shape index (κ3) is 2.12. The highest BCUT2D eigenvalue weighted by atomic mass is 35.5. The molecule has 0 aromatic carbocycles. The van der Waals surface area contributed by atoms with Gasteiger partial charge in [0.15, 0.2) is 5.52 Å². The second-order valence-electron chi connectivity index (χ2n) is 3.14. The monoisotopic (exact) mass is 253 g/mol. The lowest BCUT2D eigenvalue weighted by molar-refractivity contribution is 0.0528. The summed E-state index contributed by atoms with van der Waals surface area (Å²) in [6.45, 7) is 1.91. The van der Waals surface area contributed by atoms with Crippen LogP contribution in [0, 0.1) is 0 Å². The van der Waals surface area contributed by atoms with E-state index in [2.05, 4.69) is 15.0 Å². The Balaban J connectivity index is 2.75. The van der Waals surface area contributed by atoms with Crippen molar-refractivity contribution in [3.63, 3.8) is 0 Å². The number of nitrogens with zero attached hydrogens (tertiary/aromatic N) is 2. The number of esters is 1. The summed E-state index contributed by atoms with van der Waals surface area (Å²) in [7, 11) is 0. The second kappa shape index (κ2) is 4.50. The molecule has 6 nitrogen and oxygen atoms in total. The molecule has 0 saturated carbocycles. The number of halogens is 1. The van der Waals surface area contributed by atoms with Gasteiger partial charge in [0.05, 0.1) is 18.5 Å². The summed E-state index contributed by atoms with van der Waals surface area (Å²) in [5.41, 5.74) is -0.129. The first-order chi connectivity index (χ1) is 8.13. The van der Waals surface area contributed by atoms with Crippen LogP contribution in [0.1, 0.15) is 17.3 Å². The van der Waals surface area contributed by atoms with Crippen molar-refractivity contribution in [3.05, 3.63) is 33.5 Å². The highest BCUT2D eigenvalue weighted by Crippen LogP contribution is 2.17. The summed E-state index contributed by atoms with van der Waals surface area (Å²) in [4.78, 5) is 33.3. The van der Waals surface area contributed by atoms with Crippen LogP contribution in [0.4, 0.5) is 0 Å². The van der Waals surface area contributed by atoms with Gasteiger partial charge in [-0.25, -0.2) is 14.8 Å². The lowest BCUT2D eigenvalue weighted by atomic mass is 10.2. The molecule has 0 radical (unpaired) electrons. The number of ether oxygens (including phenoxy) is 1. The quantitative estimate of drug-likeness (QED) is 0.641. The maximum Gasteiger partial charge on any atom is 0.340 e. The first-order valence-electron chi connectivity index (χ1n) is 4.84. The Bertz CT molecular complexity index is 638. The van der Waals surface area contributed by atoms with Gasteiger partial charge < -0.3 is 9.72 Å². The number of carbonyl (C=O) groups excluding carboxylic acids is 1. The van der Waals surface area contributed by atoms with Crippen molar-refractivity contribution in [1.29, 1.82) is 0 Å². The molecule has 88 valence electrons. The number of carbonyl (C=O) groups is 1. The first-order valence-corrected chi connectivity index (χ1v) is 5.22. The number of pyridine rings is 1. The van der Waals surface area contributed by atoms with Crippen LogP contribution in [0.2, 0.25) is 5.15 Å². The van der Waals surface area contributed by atoms with Crippen LogP contribution < -0.4 is 5.56 Å². The SMILES string of the molecule is CCOC(=O)c1cc(Cl)nc2c(=O)[nH]cnc12. The van der Waals surface area contributed by atoms with Crippen LogP contribution in [0.25, 0.3) is 11.0 Å². The number of H-pyrrole nitrogens is 1. The molecule has 1 N–H and O–H groups in total. The van der Waals surface area contributed by atoms with Crippen molar-refractivity contribution in [2.45, 2.75) is 6.92 Å². The van der Waals surface area contributed by atoms with Gasteiger partial charge in [-0.15, -0.1) is 0 Å². The summed E-state index contributed by atoms with van der Waals surface area (Å²) >= 11 is 5.74. The van der Waals surface area contributed by atoms with Gasteiger partial charge in [0, 0.05) is 0 Å². The number of hydrogen-bond donors (Lipinski definition) is 1. The van der Waals surface area contributed by atoms with Crippen molar-refractivity contribution in [2.24, 2.45) is 0 Å². The van der Waals surface area contributed by atoms with Crippen molar-refractivity contribution >= 4 is 28.6 Å². The van der Waals surface area contributed by atoms with E-state index in [0.717, 1.165) is 0 Å². The first kappa shape index (κ1) is 11.5. The Hall–Kier alpha value is -1.95. The molecule has 0 unspecified atom stereocenters. The third-order valence-corrected chi connectivity index (χ3v) is 2.25. The molecule has 0 atom stereocenters. The molecule has 0 saturated heterocycles. The molecule has 0 spiro atoms. The summed E-state index contributed by atoms with van der Waals surface area (Å²) in [5, 5.41) is 0.0408. The molecule has 7 heteroatoms. The van der Waals surface area contributed by atoms with Crippen LogP contribution in [0.5, 0.6) is 0 Å². The number of fused-ring (bicyclic) bond motifs is 1. The Kier molecular flexibility index (Phi) is 3.06. The molecular weight excluding hydrogens is 246 g/mol. The van der Waals surface area contributed by atoms with E-state index in [0.29, 0.717) is 0 Å². The normalized spacial score (nSPS) is 10.5. The van der Waals surface area contributed by atoms with E-state index in [1.165, 1.54) is 12.4 Å². The predicted octanol–water partition coefficient (Wildman–Crippen LogP) is 1.15. The summed E-state index contributed by atoms with van der Waals surface area (Å²) in [5.74, 6) is -0.583. The van der Waals surface area contributed by atoms with Crippen LogP contribution in [0.15, 0.2) is 17.2 Å². The Morgan fingerprint density at radius 3 is 3.00 bits per heavy atom. The zero-order valence-corrected chi connectivity index (χ0v) is 9.61. The van der Waals surface area contributed by atoms with E-state index < -0.39 is 11.5 Å². The fourth-order valence-corrected chi connectivity index (χ4v) is 1.58. The molecule has 2 rings (SSSR count). The van der Waals surface area contributed by atoms with E-state index in [1.807, 2.05) is 0 Å². The average molecular weight is 254 g/mol. The van der Waals surface area contributed by atoms with Gasteiger partial charge >= 0.3 is 5.97 Å². The molecule has 0 aliphatic carbocycles. The number of rotatable bonds is 2. The lowest BCUT2D eigenvalue weighted by Crippen LogP contribution is -2.13. The van der Waals surface area contributed by atoms with Gasteiger partial charge in [0.1, 0.15) is 10.7 Å². The van der Waals surface area contributed by atoms with Gasteiger partial charge in [0.2, 0.25) is 0 Å². The molecule has 0 aliphatic heterocycles. The fourth-order valence-electron chi connectivity index (χ4n) is 1.38. The van der Waals surface area contributed by atoms with Crippen LogP contribution >= 0.6 is 11.6 Å². The Morgan fingerprint density at radius 1 is 1.53 bits per heavy atom. The zero-order chi connectivity index (χ0) is 12.4. The molecule has 0 bridgehead atoms. The largest absolute Gasteiger partial charge is 0.462 e. The minimum absolute atomic E-state index is 0.0167. The molecule has 2 aromatic rings. The van der Waals surface area contributed by atoms with Crippen molar-refractivity contribution in [1.82, 2.24) is 15.0 Å². The van der Waals surface area contributed by atoms with Crippen LogP contribution in [-0.2, 0) is 4.74 Å². The van der Waals surface area contributed by atoms with Gasteiger partial charge in [0.25, 0.3) is 5.56 Å². The Morgan fingerprint density at radius 2 is 2.29 bits per heavy atom. The minimum atomic E-state index is -0.583. The number of aromatic amines is 1. The minimum Gasteiger partial charge on any atom is -0.462 e. The maximum absolute atomic E-state index is 11.7. The number of hydrogen-bond acceptors (Lipinski definition) is 5. The van der Waals surface area contributed by atoms with E-state index in [1.54, 1.807) is 6.92 Å². The molecule has 2 aromatic heterocycles. The predicted molar refractivity (Wildman–Crippen MR) is 61.1 cm³/mol. The zero-order valence-electron chi connectivity index (χ0n) is 8.86. The van der Waals surface area contributed by atoms with Crippen molar-refractivity contribution in [2.75, 3.05) is 6.61 Å². The molecule has 0 amide bonds. The van der Waals surface area contributed by atoms with Crippen LogP contribution in [-0.4, -0.2) is 27.5 Å².